The van der Waals surface area contributed by atoms with Gasteiger partial charge in [0.15, 0.2) is 5.82 Å². The van der Waals surface area contributed by atoms with E-state index in [9.17, 15) is 4.39 Å². The number of nitrogens with two attached hydrogens (primary N) is 1. The van der Waals surface area contributed by atoms with Crippen LogP contribution in [0.1, 0.15) is 43.0 Å². The Labute approximate surface area is 122 Å². The van der Waals surface area contributed by atoms with Crippen LogP contribution in [0.25, 0.3) is 0 Å². The second-order valence-corrected chi connectivity index (χ2v) is 5.18. The summed E-state index contributed by atoms with van der Waals surface area (Å²) < 4.78 is 19.0. The largest absolute Gasteiger partial charge is 0.339 e. The fourth-order valence-electron chi connectivity index (χ4n) is 1.94. The van der Waals surface area contributed by atoms with Crippen molar-refractivity contribution in [1.82, 2.24) is 10.1 Å². The van der Waals surface area contributed by atoms with Crippen LogP contribution in [-0.4, -0.2) is 16.7 Å². The van der Waals surface area contributed by atoms with E-state index in [-0.39, 0.29) is 17.4 Å². The van der Waals surface area contributed by atoms with Gasteiger partial charge in [0.2, 0.25) is 5.89 Å². The maximum absolute atomic E-state index is 13.8. The van der Waals surface area contributed by atoms with Gasteiger partial charge in [0, 0.05) is 12.3 Å². The third kappa shape index (κ3) is 3.55. The minimum atomic E-state index is -0.434. The van der Waals surface area contributed by atoms with Crippen molar-refractivity contribution in [2.45, 2.75) is 32.1 Å². The van der Waals surface area contributed by atoms with Crippen molar-refractivity contribution in [1.29, 1.82) is 0 Å². The molecule has 1 heterocycles. The molecule has 0 saturated carbocycles. The number of halogens is 2. The van der Waals surface area contributed by atoms with E-state index >= 15 is 0 Å². The van der Waals surface area contributed by atoms with Gasteiger partial charge in [-0.15, -0.1) is 0 Å². The monoisotopic (exact) mass is 297 g/mol. The Morgan fingerprint density at radius 2 is 2.25 bits per heavy atom. The van der Waals surface area contributed by atoms with Crippen LogP contribution in [0.3, 0.4) is 0 Å². The summed E-state index contributed by atoms with van der Waals surface area (Å²) in [7, 11) is 0. The molecule has 108 valence electrons. The second-order valence-electron chi connectivity index (χ2n) is 4.77. The topological polar surface area (TPSA) is 64.9 Å². The van der Waals surface area contributed by atoms with Crippen LogP contribution in [0.15, 0.2) is 22.7 Å². The first-order chi connectivity index (χ1) is 9.61. The van der Waals surface area contributed by atoms with E-state index in [0.717, 1.165) is 12.8 Å². The highest BCUT2D eigenvalue weighted by atomic mass is 35.5. The van der Waals surface area contributed by atoms with Crippen LogP contribution < -0.4 is 5.73 Å². The summed E-state index contributed by atoms with van der Waals surface area (Å²) in [5, 5.41) is 3.98. The van der Waals surface area contributed by atoms with Crippen molar-refractivity contribution in [2.75, 3.05) is 6.54 Å². The van der Waals surface area contributed by atoms with E-state index in [0.29, 0.717) is 23.8 Å². The average molecular weight is 298 g/mol. The van der Waals surface area contributed by atoms with Crippen molar-refractivity contribution >= 4 is 11.6 Å². The molecule has 1 aromatic carbocycles. The van der Waals surface area contributed by atoms with Gasteiger partial charge in [0.25, 0.3) is 0 Å². The highest BCUT2D eigenvalue weighted by Gasteiger charge is 2.15. The van der Waals surface area contributed by atoms with Gasteiger partial charge in [-0.25, -0.2) is 4.39 Å². The summed E-state index contributed by atoms with van der Waals surface area (Å²) in [6, 6.07) is 4.87. The Balaban J connectivity index is 2.07. The number of rotatable bonds is 6. The van der Waals surface area contributed by atoms with Gasteiger partial charge in [0.05, 0.1) is 5.02 Å². The fourth-order valence-corrected chi connectivity index (χ4v) is 2.14. The van der Waals surface area contributed by atoms with Gasteiger partial charge in [-0.3, -0.25) is 0 Å². The first-order valence-corrected chi connectivity index (χ1v) is 6.95. The van der Waals surface area contributed by atoms with E-state index < -0.39 is 5.82 Å². The molecule has 0 spiro atoms. The minimum absolute atomic E-state index is 0.0996. The molecule has 0 amide bonds. The summed E-state index contributed by atoms with van der Waals surface area (Å²) in [6.45, 7) is 2.64. The van der Waals surface area contributed by atoms with E-state index in [1.165, 1.54) is 6.07 Å². The SMILES string of the molecule is CC(CCCN)c1nc(Cc2cccc(Cl)c2F)no1. The molecule has 2 N–H and O–H groups in total. The second kappa shape index (κ2) is 6.81. The summed E-state index contributed by atoms with van der Waals surface area (Å²) in [4.78, 5) is 4.30. The van der Waals surface area contributed by atoms with E-state index in [4.69, 9.17) is 21.9 Å². The van der Waals surface area contributed by atoms with Gasteiger partial charge < -0.3 is 10.3 Å². The first-order valence-electron chi connectivity index (χ1n) is 6.57. The molecule has 4 nitrogen and oxygen atoms in total. The van der Waals surface area contributed by atoms with Crippen molar-refractivity contribution < 1.29 is 8.91 Å². The number of benzene rings is 1. The Morgan fingerprint density at radius 3 is 3.00 bits per heavy atom. The zero-order valence-corrected chi connectivity index (χ0v) is 12.0. The molecule has 0 radical (unpaired) electrons. The third-order valence-corrected chi connectivity index (χ3v) is 3.42. The lowest BCUT2D eigenvalue weighted by molar-refractivity contribution is 0.348. The van der Waals surface area contributed by atoms with Gasteiger partial charge in [-0.05, 0) is 31.0 Å². The standard InChI is InChI=1S/C14H17ClFN3O/c1-9(4-3-7-17)14-18-12(19-20-14)8-10-5-2-6-11(15)13(10)16/h2,5-6,9H,3-4,7-8,17H2,1H3. The molecule has 0 aliphatic carbocycles. The number of hydrogen-bond donors (Lipinski definition) is 1. The molecule has 0 aliphatic rings. The first kappa shape index (κ1) is 14.9. The molecule has 1 unspecified atom stereocenters. The molecule has 0 bridgehead atoms. The van der Waals surface area contributed by atoms with Crippen LogP contribution in [0.2, 0.25) is 5.02 Å². The molecule has 0 saturated heterocycles. The van der Waals surface area contributed by atoms with Crippen LogP contribution in [-0.2, 0) is 6.42 Å². The minimum Gasteiger partial charge on any atom is -0.339 e. The maximum atomic E-state index is 13.8. The molecule has 6 heteroatoms. The van der Waals surface area contributed by atoms with Gasteiger partial charge in [-0.2, -0.15) is 4.98 Å². The molecule has 0 fully saturated rings. The number of nitrogens with zero attached hydrogens (tertiary/aromatic N) is 2. The van der Waals surface area contributed by atoms with Crippen molar-refractivity contribution in [3.05, 3.63) is 46.3 Å². The maximum Gasteiger partial charge on any atom is 0.229 e. The molecule has 2 aromatic rings. The third-order valence-electron chi connectivity index (χ3n) is 3.13. The van der Waals surface area contributed by atoms with Crippen molar-refractivity contribution in [2.24, 2.45) is 5.73 Å². The zero-order valence-electron chi connectivity index (χ0n) is 11.3. The lowest BCUT2D eigenvalue weighted by Gasteiger charge is -2.03. The normalized spacial score (nSPS) is 12.6. The Bertz CT molecular complexity index is 573. The van der Waals surface area contributed by atoms with Gasteiger partial charge in [-0.1, -0.05) is 35.8 Å². The highest BCUT2D eigenvalue weighted by molar-refractivity contribution is 6.30. The zero-order chi connectivity index (χ0) is 14.5. The summed E-state index contributed by atoms with van der Waals surface area (Å²) in [6.07, 6.45) is 2.06. The molecule has 1 aromatic heterocycles. The molecule has 2 rings (SSSR count). The lowest BCUT2D eigenvalue weighted by atomic mass is 10.1. The Morgan fingerprint density at radius 1 is 1.45 bits per heavy atom. The molecule has 20 heavy (non-hydrogen) atoms. The van der Waals surface area contributed by atoms with Gasteiger partial charge >= 0.3 is 0 Å². The number of hydrogen-bond acceptors (Lipinski definition) is 4. The van der Waals surface area contributed by atoms with E-state index in [2.05, 4.69) is 10.1 Å². The Hall–Kier alpha value is -1.46. The Kier molecular flexibility index (Phi) is 5.09. The smallest absolute Gasteiger partial charge is 0.229 e. The predicted molar refractivity (Wildman–Crippen MR) is 75.2 cm³/mol. The fraction of sp³-hybridized carbons (Fsp3) is 0.429. The van der Waals surface area contributed by atoms with Crippen molar-refractivity contribution in [3.8, 4) is 0 Å². The molecular weight excluding hydrogens is 281 g/mol. The summed E-state index contributed by atoms with van der Waals surface area (Å²) in [5.74, 6) is 0.748. The molecule has 1 atom stereocenters. The molecular formula is C14H17ClFN3O. The number of aromatic nitrogens is 2. The van der Waals surface area contributed by atoms with Crippen LogP contribution >= 0.6 is 11.6 Å². The van der Waals surface area contributed by atoms with Crippen molar-refractivity contribution in [3.63, 3.8) is 0 Å². The van der Waals surface area contributed by atoms with Crippen LogP contribution in [0.5, 0.6) is 0 Å². The van der Waals surface area contributed by atoms with Crippen LogP contribution in [0, 0.1) is 5.82 Å². The predicted octanol–water partition coefficient (Wildman–Crippen LogP) is 3.30. The molecule has 0 aliphatic heterocycles. The quantitative estimate of drug-likeness (QED) is 0.888. The average Bonchev–Trinajstić information content (AvgIpc) is 2.90. The van der Waals surface area contributed by atoms with E-state index in [1.54, 1.807) is 12.1 Å². The lowest BCUT2D eigenvalue weighted by Crippen LogP contribution is -2.02. The van der Waals surface area contributed by atoms with Gasteiger partial charge in [0.1, 0.15) is 5.82 Å². The summed E-state index contributed by atoms with van der Waals surface area (Å²) >= 11 is 5.74. The summed E-state index contributed by atoms with van der Waals surface area (Å²) in [5.41, 5.74) is 5.93. The van der Waals surface area contributed by atoms with E-state index in [1.807, 2.05) is 6.92 Å². The van der Waals surface area contributed by atoms with Crippen LogP contribution in [0.4, 0.5) is 4.39 Å². The highest BCUT2D eigenvalue weighted by Crippen LogP contribution is 2.22.